The zero-order chi connectivity index (χ0) is 14.5. The molecule has 0 spiro atoms. The summed E-state index contributed by atoms with van der Waals surface area (Å²) in [5, 5.41) is 17.9. The molecule has 1 amide bonds. The van der Waals surface area contributed by atoms with Crippen molar-refractivity contribution in [1.29, 1.82) is 0 Å². The molecule has 0 saturated heterocycles. The van der Waals surface area contributed by atoms with Gasteiger partial charge < -0.3 is 15.1 Å². The zero-order valence-corrected chi connectivity index (χ0v) is 11.6. The topological polar surface area (TPSA) is 60.8 Å². The molecule has 20 heavy (non-hydrogen) atoms. The van der Waals surface area contributed by atoms with Crippen molar-refractivity contribution in [1.82, 2.24) is 4.90 Å². The fraction of sp³-hybridized carbons (Fsp3) is 0.438. The van der Waals surface area contributed by atoms with Crippen molar-refractivity contribution in [3.8, 4) is 11.8 Å². The molecule has 1 fully saturated rings. The number of aryl methyl sites for hydroxylation is 1. The van der Waals surface area contributed by atoms with Crippen molar-refractivity contribution in [2.45, 2.75) is 25.8 Å². The van der Waals surface area contributed by atoms with Gasteiger partial charge in [0.1, 0.15) is 6.61 Å². The van der Waals surface area contributed by atoms with Crippen molar-refractivity contribution in [2.75, 3.05) is 19.8 Å². The minimum atomic E-state index is -0.232. The van der Waals surface area contributed by atoms with E-state index in [1.165, 1.54) is 0 Å². The fourth-order valence-corrected chi connectivity index (χ4v) is 2.18. The molecule has 1 aliphatic rings. The highest BCUT2D eigenvalue weighted by molar-refractivity contribution is 5.97. The van der Waals surface area contributed by atoms with Crippen LogP contribution in [0.1, 0.15) is 34.3 Å². The van der Waals surface area contributed by atoms with Crippen LogP contribution in [0.5, 0.6) is 0 Å². The van der Waals surface area contributed by atoms with Gasteiger partial charge in [0.05, 0.1) is 12.2 Å². The van der Waals surface area contributed by atoms with E-state index in [1.54, 1.807) is 11.0 Å². The van der Waals surface area contributed by atoms with Gasteiger partial charge in [-0.15, -0.1) is 0 Å². The molecule has 0 heterocycles. The van der Waals surface area contributed by atoms with E-state index >= 15 is 0 Å². The molecule has 0 aliphatic heterocycles. The lowest BCUT2D eigenvalue weighted by Gasteiger charge is -2.22. The summed E-state index contributed by atoms with van der Waals surface area (Å²) in [7, 11) is 0. The van der Waals surface area contributed by atoms with Gasteiger partial charge >= 0.3 is 0 Å². The van der Waals surface area contributed by atoms with Crippen molar-refractivity contribution in [2.24, 2.45) is 0 Å². The lowest BCUT2D eigenvalue weighted by molar-refractivity contribution is 0.0707. The third kappa shape index (κ3) is 3.38. The van der Waals surface area contributed by atoms with Crippen LogP contribution in [0.15, 0.2) is 18.2 Å². The average molecular weight is 273 g/mol. The minimum absolute atomic E-state index is 0.0360. The van der Waals surface area contributed by atoms with E-state index in [2.05, 4.69) is 11.8 Å². The van der Waals surface area contributed by atoms with Crippen LogP contribution in [0, 0.1) is 18.8 Å². The van der Waals surface area contributed by atoms with Gasteiger partial charge in [0.15, 0.2) is 0 Å². The van der Waals surface area contributed by atoms with Crippen molar-refractivity contribution < 1.29 is 15.0 Å². The first-order chi connectivity index (χ1) is 9.67. The SMILES string of the molecule is Cc1ccc(C#CCO)c(C(=O)N(CCO)C2CC2)c1. The molecular weight excluding hydrogens is 254 g/mol. The van der Waals surface area contributed by atoms with Crippen LogP contribution in [0.4, 0.5) is 0 Å². The highest BCUT2D eigenvalue weighted by Crippen LogP contribution is 2.28. The summed E-state index contributed by atoms with van der Waals surface area (Å²) >= 11 is 0. The molecule has 1 aliphatic carbocycles. The van der Waals surface area contributed by atoms with Crippen molar-refractivity contribution >= 4 is 5.91 Å². The van der Waals surface area contributed by atoms with E-state index in [1.807, 2.05) is 19.1 Å². The van der Waals surface area contributed by atoms with E-state index in [0.717, 1.165) is 18.4 Å². The molecule has 2 N–H and O–H groups in total. The molecule has 1 saturated carbocycles. The number of aliphatic hydroxyl groups excluding tert-OH is 2. The normalized spacial score (nSPS) is 13.6. The first kappa shape index (κ1) is 14.6. The Morgan fingerprint density at radius 3 is 2.75 bits per heavy atom. The van der Waals surface area contributed by atoms with E-state index in [9.17, 15) is 4.79 Å². The maximum absolute atomic E-state index is 12.6. The molecule has 1 aromatic rings. The number of nitrogens with zero attached hydrogens (tertiary/aromatic N) is 1. The first-order valence-electron chi connectivity index (χ1n) is 6.79. The molecular formula is C16H19NO3. The second-order valence-corrected chi connectivity index (χ2v) is 4.96. The number of hydrogen-bond acceptors (Lipinski definition) is 3. The number of carbonyl (C=O) groups excluding carboxylic acids is 1. The fourth-order valence-electron chi connectivity index (χ4n) is 2.18. The van der Waals surface area contributed by atoms with Crippen LogP contribution in [0.3, 0.4) is 0 Å². The van der Waals surface area contributed by atoms with Crippen LogP contribution in [0.2, 0.25) is 0 Å². The molecule has 0 radical (unpaired) electrons. The number of carbonyl (C=O) groups is 1. The molecule has 1 aromatic carbocycles. The van der Waals surface area contributed by atoms with Gasteiger partial charge in [-0.05, 0) is 31.9 Å². The number of benzene rings is 1. The third-order valence-electron chi connectivity index (χ3n) is 3.30. The number of rotatable bonds is 4. The van der Waals surface area contributed by atoms with Crippen LogP contribution in [0.25, 0.3) is 0 Å². The summed E-state index contributed by atoms with van der Waals surface area (Å²) in [6.07, 6.45) is 1.99. The Hall–Kier alpha value is -1.83. The third-order valence-corrected chi connectivity index (χ3v) is 3.30. The zero-order valence-electron chi connectivity index (χ0n) is 11.6. The van der Waals surface area contributed by atoms with Gasteiger partial charge in [-0.3, -0.25) is 4.79 Å². The Morgan fingerprint density at radius 2 is 2.15 bits per heavy atom. The van der Waals surface area contributed by atoms with Crippen LogP contribution in [-0.4, -0.2) is 46.8 Å². The Labute approximate surface area is 119 Å². The summed E-state index contributed by atoms with van der Waals surface area (Å²) in [5.41, 5.74) is 2.16. The minimum Gasteiger partial charge on any atom is -0.395 e. The Balaban J connectivity index is 2.33. The molecule has 0 unspecified atom stereocenters. The molecule has 4 nitrogen and oxygen atoms in total. The van der Waals surface area contributed by atoms with E-state index < -0.39 is 0 Å². The van der Waals surface area contributed by atoms with Gasteiger partial charge in [0, 0.05) is 18.2 Å². The first-order valence-corrected chi connectivity index (χ1v) is 6.79. The summed E-state index contributed by atoms with van der Waals surface area (Å²) < 4.78 is 0. The van der Waals surface area contributed by atoms with Crippen LogP contribution in [-0.2, 0) is 0 Å². The van der Waals surface area contributed by atoms with E-state index in [-0.39, 0.29) is 25.2 Å². The standard InChI is InChI=1S/C16H19NO3/c1-12-4-5-13(3-2-9-18)15(11-12)16(20)17(8-10-19)14-6-7-14/h4-5,11,14,18-19H,6-10H2,1H3. The molecule has 0 aromatic heterocycles. The number of aliphatic hydroxyl groups is 2. The number of hydrogen-bond donors (Lipinski definition) is 2. The van der Waals surface area contributed by atoms with E-state index in [4.69, 9.17) is 10.2 Å². The molecule has 0 bridgehead atoms. The summed E-state index contributed by atoms with van der Waals surface area (Å²) in [6.45, 7) is 2.01. The maximum Gasteiger partial charge on any atom is 0.255 e. The number of amides is 1. The second kappa shape index (κ2) is 6.56. The lowest BCUT2D eigenvalue weighted by atomic mass is 10.0. The molecule has 106 valence electrons. The van der Waals surface area contributed by atoms with Gasteiger partial charge in [-0.1, -0.05) is 23.5 Å². The average Bonchev–Trinajstić information content (AvgIpc) is 3.27. The lowest BCUT2D eigenvalue weighted by Crippen LogP contribution is -2.36. The second-order valence-electron chi connectivity index (χ2n) is 4.96. The molecule has 2 rings (SSSR count). The van der Waals surface area contributed by atoms with Crippen molar-refractivity contribution in [3.63, 3.8) is 0 Å². The van der Waals surface area contributed by atoms with Crippen molar-refractivity contribution in [3.05, 3.63) is 34.9 Å². The monoisotopic (exact) mass is 273 g/mol. The highest BCUT2D eigenvalue weighted by atomic mass is 16.3. The van der Waals surface area contributed by atoms with Gasteiger partial charge in [-0.2, -0.15) is 0 Å². The summed E-state index contributed by atoms with van der Waals surface area (Å²) in [6, 6.07) is 5.76. The smallest absolute Gasteiger partial charge is 0.255 e. The summed E-state index contributed by atoms with van der Waals surface area (Å²) in [5.74, 6) is 5.31. The predicted octanol–water partition coefficient (Wildman–Crippen LogP) is 0.936. The largest absolute Gasteiger partial charge is 0.395 e. The van der Waals surface area contributed by atoms with Gasteiger partial charge in [0.25, 0.3) is 5.91 Å². The quantitative estimate of drug-likeness (QED) is 0.803. The molecule has 4 heteroatoms. The van der Waals surface area contributed by atoms with Crippen LogP contribution < -0.4 is 0 Å². The summed E-state index contributed by atoms with van der Waals surface area (Å²) in [4.78, 5) is 14.4. The maximum atomic E-state index is 12.6. The van der Waals surface area contributed by atoms with E-state index in [0.29, 0.717) is 17.7 Å². The predicted molar refractivity (Wildman–Crippen MR) is 76.3 cm³/mol. The Morgan fingerprint density at radius 1 is 1.40 bits per heavy atom. The molecule has 0 atom stereocenters. The highest BCUT2D eigenvalue weighted by Gasteiger charge is 2.33. The van der Waals surface area contributed by atoms with Crippen LogP contribution >= 0.6 is 0 Å². The van der Waals surface area contributed by atoms with Gasteiger partial charge in [0.2, 0.25) is 0 Å². The van der Waals surface area contributed by atoms with Gasteiger partial charge in [-0.25, -0.2) is 0 Å². The Bertz CT molecular complexity index is 553. The Kier molecular flexibility index (Phi) is 4.78.